The lowest BCUT2D eigenvalue weighted by molar-refractivity contribution is 0.0276. The second kappa shape index (κ2) is 3.57. The van der Waals surface area contributed by atoms with Crippen LogP contribution in [0.2, 0.25) is 0 Å². The molecule has 3 nitrogen and oxygen atoms in total. The topological polar surface area (TPSA) is 57.5 Å². The van der Waals surface area contributed by atoms with Crippen molar-refractivity contribution in [2.75, 3.05) is 0 Å². The lowest BCUT2D eigenvalue weighted by Gasteiger charge is -2.40. The third-order valence-corrected chi connectivity index (χ3v) is 3.81. The van der Waals surface area contributed by atoms with Crippen LogP contribution >= 0.6 is 0 Å². The molecule has 0 bridgehead atoms. The van der Waals surface area contributed by atoms with Crippen LogP contribution in [0, 0.1) is 0 Å². The number of aliphatic hydroxyl groups is 1. The molecule has 0 aromatic heterocycles. The summed E-state index contributed by atoms with van der Waals surface area (Å²) in [7, 11) is 0. The molecule has 0 spiro atoms. The predicted octanol–water partition coefficient (Wildman–Crippen LogP) is 2.66. The summed E-state index contributed by atoms with van der Waals surface area (Å²) in [6.45, 7) is 6.01. The third kappa shape index (κ3) is 1.95. The number of carboxylic acids is 1. The van der Waals surface area contributed by atoms with Crippen molar-refractivity contribution in [1.82, 2.24) is 0 Å². The van der Waals surface area contributed by atoms with Crippen molar-refractivity contribution < 1.29 is 15.0 Å². The van der Waals surface area contributed by atoms with E-state index >= 15 is 0 Å². The number of carboxylic acid groups (broad SMARTS) is 1. The SMILES string of the molecule is CC1(C)CCC(C)(O)c2cc(C(=O)O)ccc21. The summed E-state index contributed by atoms with van der Waals surface area (Å²) in [5.74, 6) is -0.952. The van der Waals surface area contributed by atoms with Crippen molar-refractivity contribution in [1.29, 1.82) is 0 Å². The average Bonchev–Trinajstić information content (AvgIpc) is 2.24. The average molecular weight is 234 g/mol. The number of hydrogen-bond acceptors (Lipinski definition) is 2. The Balaban J connectivity index is 2.64. The van der Waals surface area contributed by atoms with E-state index in [1.807, 2.05) is 6.07 Å². The van der Waals surface area contributed by atoms with Gasteiger partial charge in [0.05, 0.1) is 11.2 Å². The van der Waals surface area contributed by atoms with Crippen LogP contribution in [-0.2, 0) is 11.0 Å². The normalized spacial score (nSPS) is 26.4. The smallest absolute Gasteiger partial charge is 0.335 e. The van der Waals surface area contributed by atoms with Gasteiger partial charge in [-0.15, -0.1) is 0 Å². The molecule has 2 N–H and O–H groups in total. The van der Waals surface area contributed by atoms with Gasteiger partial charge in [-0.2, -0.15) is 0 Å². The van der Waals surface area contributed by atoms with Crippen LogP contribution in [0.3, 0.4) is 0 Å². The molecule has 17 heavy (non-hydrogen) atoms. The molecule has 1 aliphatic rings. The maximum Gasteiger partial charge on any atom is 0.335 e. The van der Waals surface area contributed by atoms with Crippen LogP contribution in [-0.4, -0.2) is 16.2 Å². The van der Waals surface area contributed by atoms with Crippen LogP contribution in [0.25, 0.3) is 0 Å². The summed E-state index contributed by atoms with van der Waals surface area (Å²) in [6, 6.07) is 5.06. The molecule has 0 saturated heterocycles. The first-order valence-corrected chi connectivity index (χ1v) is 5.85. The van der Waals surface area contributed by atoms with Crippen LogP contribution < -0.4 is 0 Å². The van der Waals surface area contributed by atoms with Crippen LogP contribution in [0.5, 0.6) is 0 Å². The highest BCUT2D eigenvalue weighted by atomic mass is 16.4. The van der Waals surface area contributed by atoms with Gasteiger partial charge in [0.2, 0.25) is 0 Å². The zero-order valence-corrected chi connectivity index (χ0v) is 10.4. The van der Waals surface area contributed by atoms with Gasteiger partial charge in [0.25, 0.3) is 0 Å². The van der Waals surface area contributed by atoms with E-state index in [9.17, 15) is 9.90 Å². The van der Waals surface area contributed by atoms with E-state index in [2.05, 4.69) is 13.8 Å². The van der Waals surface area contributed by atoms with Crippen molar-refractivity contribution in [2.24, 2.45) is 0 Å². The Hall–Kier alpha value is -1.35. The van der Waals surface area contributed by atoms with Crippen molar-refractivity contribution in [2.45, 2.75) is 44.6 Å². The molecule has 1 aromatic carbocycles. The second-order valence-corrected chi connectivity index (χ2v) is 5.72. The van der Waals surface area contributed by atoms with Gasteiger partial charge in [0.1, 0.15) is 0 Å². The number of hydrogen-bond donors (Lipinski definition) is 2. The molecule has 0 amide bonds. The molecule has 92 valence electrons. The summed E-state index contributed by atoms with van der Waals surface area (Å²) in [5.41, 5.74) is 1.12. The minimum atomic E-state index is -0.952. The molecule has 3 heteroatoms. The fourth-order valence-corrected chi connectivity index (χ4v) is 2.54. The van der Waals surface area contributed by atoms with Gasteiger partial charge in [-0.25, -0.2) is 4.79 Å². The largest absolute Gasteiger partial charge is 0.478 e. The molecule has 0 radical (unpaired) electrons. The summed E-state index contributed by atoms with van der Waals surface area (Å²) < 4.78 is 0. The van der Waals surface area contributed by atoms with Crippen molar-refractivity contribution in [3.05, 3.63) is 34.9 Å². The first-order valence-electron chi connectivity index (χ1n) is 5.85. The Morgan fingerprint density at radius 3 is 2.41 bits per heavy atom. The molecule has 0 fully saturated rings. The monoisotopic (exact) mass is 234 g/mol. The molecular weight excluding hydrogens is 216 g/mol. The number of carbonyl (C=O) groups is 1. The maximum absolute atomic E-state index is 11.0. The summed E-state index contributed by atoms with van der Waals surface area (Å²) in [6.07, 6.45) is 1.56. The van der Waals surface area contributed by atoms with Crippen LogP contribution in [0.15, 0.2) is 18.2 Å². The van der Waals surface area contributed by atoms with Gasteiger partial charge in [-0.05, 0) is 48.4 Å². The third-order valence-electron chi connectivity index (χ3n) is 3.81. The Bertz CT molecular complexity index is 472. The van der Waals surface area contributed by atoms with E-state index in [-0.39, 0.29) is 11.0 Å². The molecular formula is C14H18O3. The molecule has 1 aliphatic carbocycles. The van der Waals surface area contributed by atoms with Gasteiger partial charge in [-0.3, -0.25) is 0 Å². The number of aromatic carboxylic acids is 1. The van der Waals surface area contributed by atoms with E-state index in [1.54, 1.807) is 19.1 Å². The van der Waals surface area contributed by atoms with E-state index < -0.39 is 11.6 Å². The zero-order chi connectivity index (χ0) is 12.8. The Kier molecular flexibility index (Phi) is 2.54. The zero-order valence-electron chi connectivity index (χ0n) is 10.4. The summed E-state index contributed by atoms with van der Waals surface area (Å²) in [5, 5.41) is 19.4. The van der Waals surface area contributed by atoms with E-state index in [1.165, 1.54) is 0 Å². The molecule has 1 aromatic rings. The Labute approximate surface area is 101 Å². The van der Waals surface area contributed by atoms with E-state index in [4.69, 9.17) is 5.11 Å². The van der Waals surface area contributed by atoms with Crippen molar-refractivity contribution in [3.8, 4) is 0 Å². The number of benzene rings is 1. The lowest BCUT2D eigenvalue weighted by atomic mass is 9.67. The molecule has 0 saturated carbocycles. The minimum absolute atomic E-state index is 0.00535. The van der Waals surface area contributed by atoms with Crippen molar-refractivity contribution in [3.63, 3.8) is 0 Å². The standard InChI is InChI=1S/C14H18O3/c1-13(2)6-7-14(3,17)11-8-9(12(15)16)4-5-10(11)13/h4-5,8,17H,6-7H2,1-3H3,(H,15,16). The summed E-state index contributed by atoms with van der Waals surface area (Å²) >= 11 is 0. The highest BCUT2D eigenvalue weighted by Gasteiger charge is 2.38. The fourth-order valence-electron chi connectivity index (χ4n) is 2.54. The van der Waals surface area contributed by atoms with Gasteiger partial charge in [-0.1, -0.05) is 19.9 Å². The number of rotatable bonds is 1. The molecule has 1 atom stereocenters. The molecule has 0 aliphatic heterocycles. The highest BCUT2D eigenvalue weighted by molar-refractivity contribution is 5.88. The number of fused-ring (bicyclic) bond motifs is 1. The van der Waals surface area contributed by atoms with Gasteiger partial charge < -0.3 is 10.2 Å². The molecule has 0 heterocycles. The van der Waals surface area contributed by atoms with Gasteiger partial charge >= 0.3 is 5.97 Å². The lowest BCUT2D eigenvalue weighted by Crippen LogP contribution is -2.35. The highest BCUT2D eigenvalue weighted by Crippen LogP contribution is 2.44. The summed E-state index contributed by atoms with van der Waals surface area (Å²) in [4.78, 5) is 11.0. The van der Waals surface area contributed by atoms with Crippen LogP contribution in [0.1, 0.15) is 55.1 Å². The van der Waals surface area contributed by atoms with Crippen LogP contribution in [0.4, 0.5) is 0 Å². The van der Waals surface area contributed by atoms with Gasteiger partial charge in [0.15, 0.2) is 0 Å². The first kappa shape index (κ1) is 12.1. The minimum Gasteiger partial charge on any atom is -0.478 e. The fraction of sp³-hybridized carbons (Fsp3) is 0.500. The Morgan fingerprint density at radius 1 is 1.18 bits per heavy atom. The van der Waals surface area contributed by atoms with E-state index in [0.717, 1.165) is 17.5 Å². The maximum atomic E-state index is 11.0. The molecule has 2 rings (SSSR count). The van der Waals surface area contributed by atoms with E-state index in [0.29, 0.717) is 6.42 Å². The first-order chi connectivity index (χ1) is 7.74. The second-order valence-electron chi connectivity index (χ2n) is 5.72. The predicted molar refractivity (Wildman–Crippen MR) is 65.2 cm³/mol. The van der Waals surface area contributed by atoms with Gasteiger partial charge in [0, 0.05) is 0 Å². The Morgan fingerprint density at radius 2 is 1.82 bits per heavy atom. The van der Waals surface area contributed by atoms with Crippen molar-refractivity contribution >= 4 is 5.97 Å². The quantitative estimate of drug-likeness (QED) is 0.785. The molecule has 1 unspecified atom stereocenters.